The van der Waals surface area contributed by atoms with Crippen LogP contribution < -0.4 is 10.7 Å². The minimum atomic E-state index is -1.51. The van der Waals surface area contributed by atoms with Crippen LogP contribution in [0.3, 0.4) is 0 Å². The molecule has 0 aromatic carbocycles. The van der Waals surface area contributed by atoms with Gasteiger partial charge in [0.05, 0.1) is 0 Å². The summed E-state index contributed by atoms with van der Waals surface area (Å²) in [6.45, 7) is 1.88. The zero-order valence-electron chi connectivity index (χ0n) is 5.79. The van der Waals surface area contributed by atoms with E-state index in [0.29, 0.717) is 6.42 Å². The normalized spacial score (nSPS) is 13.4. The van der Waals surface area contributed by atoms with Gasteiger partial charge in [0, 0.05) is 6.42 Å². The lowest BCUT2D eigenvalue weighted by Crippen LogP contribution is -2.21. The topological polar surface area (TPSA) is 72.2 Å². The fourth-order valence-electron chi connectivity index (χ4n) is 0.459. The predicted octanol–water partition coefficient (Wildman–Crippen LogP) is -0.500. The maximum absolute atomic E-state index is 10.7. The second-order valence-electron chi connectivity index (χ2n) is 1.75. The van der Waals surface area contributed by atoms with Gasteiger partial charge in [0.15, 0.2) is 0 Å². The average Bonchev–Trinajstić information content (AvgIpc) is 1.88. The molecule has 0 saturated carbocycles. The number of rotatable bonds is 4. The van der Waals surface area contributed by atoms with E-state index < -0.39 is 10.6 Å². The molecule has 0 aromatic rings. The van der Waals surface area contributed by atoms with E-state index in [0.717, 1.165) is 11.8 Å². The molecule has 0 aromatic heterocycles. The highest BCUT2D eigenvalue weighted by Crippen LogP contribution is 1.84. The monoisotopic (exact) mass is 163 g/mol. The van der Waals surface area contributed by atoms with Gasteiger partial charge in [-0.3, -0.25) is 10.6 Å². The van der Waals surface area contributed by atoms with Gasteiger partial charge in [-0.25, -0.2) is 0 Å². The van der Waals surface area contributed by atoms with E-state index in [9.17, 15) is 9.00 Å². The minimum absolute atomic E-state index is 0.140. The van der Waals surface area contributed by atoms with Crippen molar-refractivity contribution in [2.45, 2.75) is 19.8 Å². The molecule has 0 unspecified atom stereocenters. The molecule has 10 heavy (non-hydrogen) atoms. The lowest BCUT2D eigenvalue weighted by atomic mass is 10.3. The molecule has 0 atom stereocenters. The standard InChI is InChI=1S/C5H11N2O2S/c1-2-3-5(8)4-10(9)7-6/h4H,2-3,6H2,1H3,(H,7,9)/q-1. The molecule has 0 rings (SSSR count). The molecular formula is C5H11N2O2S-. The smallest absolute Gasteiger partial charge is 0.133 e. The Morgan fingerprint density at radius 2 is 2.40 bits per heavy atom. The van der Waals surface area contributed by atoms with Crippen molar-refractivity contribution in [2.24, 2.45) is 5.84 Å². The lowest BCUT2D eigenvalue weighted by molar-refractivity contribution is -0.112. The van der Waals surface area contributed by atoms with Crippen molar-refractivity contribution in [1.29, 1.82) is 0 Å². The Balaban J connectivity index is 3.88. The summed E-state index contributed by atoms with van der Waals surface area (Å²) >= 11 is 0. The SMILES string of the molecule is CCCC(=O)C=[S-](=O)NN. The fourth-order valence-corrected chi connectivity index (χ4v) is 0.883. The van der Waals surface area contributed by atoms with Gasteiger partial charge in [-0.05, 0) is 6.42 Å². The summed E-state index contributed by atoms with van der Waals surface area (Å²) in [7, 11) is -1.51. The molecule has 0 heterocycles. The number of ketones is 1. The van der Waals surface area contributed by atoms with E-state index in [2.05, 4.69) is 0 Å². The van der Waals surface area contributed by atoms with Crippen LogP contribution in [0, 0.1) is 0 Å². The zero-order valence-corrected chi connectivity index (χ0v) is 6.61. The number of hydrogen-bond donors (Lipinski definition) is 2. The summed E-state index contributed by atoms with van der Waals surface area (Å²) in [6, 6.07) is 0. The average molecular weight is 163 g/mol. The lowest BCUT2D eigenvalue weighted by Gasteiger charge is -1.98. The molecule has 0 fully saturated rings. The Bertz CT molecular complexity index is 184. The Morgan fingerprint density at radius 1 is 1.80 bits per heavy atom. The van der Waals surface area contributed by atoms with Gasteiger partial charge in [-0.2, -0.15) is 10.6 Å². The van der Waals surface area contributed by atoms with E-state index in [1.165, 1.54) is 0 Å². The second kappa shape index (κ2) is 5.40. The van der Waals surface area contributed by atoms with Crippen molar-refractivity contribution in [3.05, 3.63) is 0 Å². The number of Topliss-reactive ketones (excluding diaryl/α,β-unsaturated/α-hetero) is 1. The number of hydrazine groups is 1. The first kappa shape index (κ1) is 9.61. The van der Waals surface area contributed by atoms with Crippen LogP contribution in [0.4, 0.5) is 0 Å². The molecule has 3 N–H and O–H groups in total. The molecule has 0 saturated heterocycles. The molecule has 0 aliphatic carbocycles. The van der Waals surface area contributed by atoms with Crippen LogP contribution in [0.15, 0.2) is 0 Å². The number of nitrogens with one attached hydrogen (secondary N) is 1. The number of hydrogen-bond acceptors (Lipinski definition) is 4. The third-order valence-electron chi connectivity index (χ3n) is 0.851. The first-order chi connectivity index (χ1) is 4.70. The largest absolute Gasteiger partial charge is 0.446 e. The number of carbonyl (C=O) groups is 1. The summed E-state index contributed by atoms with van der Waals surface area (Å²) in [4.78, 5) is 12.6. The van der Waals surface area contributed by atoms with Crippen LogP contribution in [0.1, 0.15) is 19.8 Å². The summed E-state index contributed by atoms with van der Waals surface area (Å²) in [6.07, 6.45) is 1.19. The number of nitrogens with two attached hydrogens (primary N) is 1. The maximum atomic E-state index is 10.7. The van der Waals surface area contributed by atoms with Crippen LogP contribution in [-0.4, -0.2) is 11.2 Å². The van der Waals surface area contributed by atoms with Gasteiger partial charge in [-0.15, -0.1) is 0 Å². The highest BCUT2D eigenvalue weighted by molar-refractivity contribution is 7.82. The molecule has 0 aliphatic heterocycles. The summed E-state index contributed by atoms with van der Waals surface area (Å²) in [5.41, 5.74) is 0. The Hall–Kier alpha value is -0.390. The van der Waals surface area contributed by atoms with Crippen LogP contribution in [0.2, 0.25) is 0 Å². The van der Waals surface area contributed by atoms with E-state index in [4.69, 9.17) is 5.84 Å². The van der Waals surface area contributed by atoms with Crippen molar-refractivity contribution in [3.8, 4) is 0 Å². The van der Waals surface area contributed by atoms with E-state index in [-0.39, 0.29) is 5.78 Å². The first-order valence-electron chi connectivity index (χ1n) is 2.95. The van der Waals surface area contributed by atoms with Crippen LogP contribution in [-0.2, 0) is 19.6 Å². The Labute approximate surface area is 61.9 Å². The van der Waals surface area contributed by atoms with Crippen molar-refractivity contribution in [1.82, 2.24) is 4.83 Å². The zero-order chi connectivity index (χ0) is 7.98. The summed E-state index contributed by atoms with van der Waals surface area (Å²) < 4.78 is 10.5. The molecular weight excluding hydrogens is 152 g/mol. The van der Waals surface area contributed by atoms with Gasteiger partial charge in [0.1, 0.15) is 5.78 Å². The molecule has 0 aliphatic rings. The van der Waals surface area contributed by atoms with Crippen molar-refractivity contribution >= 4 is 21.7 Å². The number of carbonyl (C=O) groups excluding carboxylic acids is 1. The van der Waals surface area contributed by atoms with Gasteiger partial charge in [-0.1, -0.05) is 12.3 Å². The van der Waals surface area contributed by atoms with Gasteiger partial charge in [0.2, 0.25) is 0 Å². The third-order valence-corrected chi connectivity index (χ3v) is 1.56. The van der Waals surface area contributed by atoms with Crippen LogP contribution >= 0.6 is 0 Å². The quantitative estimate of drug-likeness (QED) is 0.254. The molecule has 60 valence electrons. The predicted molar refractivity (Wildman–Crippen MR) is 41.4 cm³/mol. The third kappa shape index (κ3) is 4.49. The van der Waals surface area contributed by atoms with E-state index in [1.54, 1.807) is 0 Å². The van der Waals surface area contributed by atoms with Crippen molar-refractivity contribution < 1.29 is 9.00 Å². The van der Waals surface area contributed by atoms with Crippen molar-refractivity contribution in [3.63, 3.8) is 0 Å². The molecule has 5 heteroatoms. The fraction of sp³-hybridized carbons (Fsp3) is 0.600. The maximum Gasteiger partial charge on any atom is 0.133 e. The minimum Gasteiger partial charge on any atom is -0.446 e. The highest BCUT2D eigenvalue weighted by atomic mass is 32.2. The summed E-state index contributed by atoms with van der Waals surface area (Å²) in [5, 5.41) is 1.07. The van der Waals surface area contributed by atoms with Crippen LogP contribution in [0.5, 0.6) is 0 Å². The van der Waals surface area contributed by atoms with E-state index in [1.807, 2.05) is 11.8 Å². The van der Waals surface area contributed by atoms with Gasteiger partial charge >= 0.3 is 0 Å². The van der Waals surface area contributed by atoms with Gasteiger partial charge in [0.25, 0.3) is 0 Å². The molecule has 0 spiro atoms. The second-order valence-corrected chi connectivity index (χ2v) is 2.82. The molecule has 0 amide bonds. The van der Waals surface area contributed by atoms with Crippen LogP contribution in [0.25, 0.3) is 0 Å². The van der Waals surface area contributed by atoms with Crippen molar-refractivity contribution in [2.75, 3.05) is 0 Å². The molecule has 0 bridgehead atoms. The highest BCUT2D eigenvalue weighted by Gasteiger charge is 1.87. The molecule has 4 nitrogen and oxygen atoms in total. The van der Waals surface area contributed by atoms with Gasteiger partial charge < -0.3 is 9.04 Å². The Kier molecular flexibility index (Phi) is 5.19. The molecule has 0 radical (unpaired) electrons. The summed E-state index contributed by atoms with van der Waals surface area (Å²) in [5.74, 6) is 4.64. The van der Waals surface area contributed by atoms with E-state index >= 15 is 0 Å². The Morgan fingerprint density at radius 3 is 2.80 bits per heavy atom. The first-order valence-corrected chi connectivity index (χ1v) is 4.16.